The van der Waals surface area contributed by atoms with Gasteiger partial charge in [-0.1, -0.05) is 6.92 Å². The van der Waals surface area contributed by atoms with Gasteiger partial charge in [0, 0.05) is 18.8 Å². The Morgan fingerprint density at radius 1 is 1.23 bits per heavy atom. The van der Waals surface area contributed by atoms with Crippen LogP contribution in [0.25, 0.3) is 0 Å². The minimum atomic E-state index is -4.39. The summed E-state index contributed by atoms with van der Waals surface area (Å²) < 4.78 is 41.8. The molecule has 1 atom stereocenters. The van der Waals surface area contributed by atoms with Crippen LogP contribution in [0.1, 0.15) is 25.3 Å². The molecule has 0 bridgehead atoms. The number of nitrogens with one attached hydrogen (secondary N) is 2. The Bertz CT molecular complexity index is 515. The molecule has 0 radical (unpaired) electrons. The van der Waals surface area contributed by atoms with Crippen LogP contribution in [-0.4, -0.2) is 25.2 Å². The van der Waals surface area contributed by atoms with E-state index >= 15 is 0 Å². The van der Waals surface area contributed by atoms with Gasteiger partial charge in [0.2, 0.25) is 0 Å². The minimum Gasteiger partial charge on any atom is -0.382 e. The van der Waals surface area contributed by atoms with E-state index in [1.807, 2.05) is 0 Å². The van der Waals surface area contributed by atoms with Crippen LogP contribution in [-0.2, 0) is 15.7 Å². The van der Waals surface area contributed by atoms with E-state index in [-0.39, 0.29) is 12.5 Å². The van der Waals surface area contributed by atoms with Gasteiger partial charge in [-0.05, 0) is 30.7 Å². The molecule has 5 nitrogen and oxygen atoms in total. The summed E-state index contributed by atoms with van der Waals surface area (Å²) in [5, 5.41) is 5.08. The Morgan fingerprint density at radius 3 is 2.27 bits per heavy atom. The molecule has 1 aromatic carbocycles. The molecule has 1 unspecified atom stereocenters. The van der Waals surface area contributed by atoms with Crippen molar-refractivity contribution in [2.24, 2.45) is 0 Å². The van der Waals surface area contributed by atoms with Crippen LogP contribution in [0.5, 0.6) is 0 Å². The summed E-state index contributed by atoms with van der Waals surface area (Å²) in [4.78, 5) is 22.4. The van der Waals surface area contributed by atoms with E-state index in [0.717, 1.165) is 12.1 Å². The Labute approximate surface area is 125 Å². The lowest BCUT2D eigenvalue weighted by Gasteiger charge is -2.17. The number of benzene rings is 1. The Kier molecular flexibility index (Phi) is 6.21. The minimum absolute atomic E-state index is 0.0784. The zero-order valence-electron chi connectivity index (χ0n) is 12.2. The second kappa shape index (κ2) is 7.67. The fraction of sp³-hybridized carbons (Fsp3) is 0.429. The van der Waals surface area contributed by atoms with Crippen LogP contribution in [0.15, 0.2) is 24.3 Å². The molecule has 0 heterocycles. The molecule has 0 aliphatic rings. The van der Waals surface area contributed by atoms with Crippen molar-refractivity contribution in [1.29, 1.82) is 0 Å². The van der Waals surface area contributed by atoms with Crippen LogP contribution in [0.4, 0.5) is 23.7 Å². The SMILES string of the molecule is CCC(CC(=O)OC(=O)NC)Nc1ccc(C(F)(F)F)cc1. The summed E-state index contributed by atoms with van der Waals surface area (Å²) >= 11 is 0. The molecule has 0 aliphatic carbocycles. The number of anilines is 1. The van der Waals surface area contributed by atoms with E-state index in [2.05, 4.69) is 15.4 Å². The van der Waals surface area contributed by atoms with E-state index in [9.17, 15) is 22.8 Å². The Hall–Kier alpha value is -2.25. The number of amides is 1. The summed E-state index contributed by atoms with van der Waals surface area (Å²) in [5.41, 5.74) is -0.294. The van der Waals surface area contributed by atoms with Gasteiger partial charge in [0.05, 0.1) is 12.0 Å². The normalized spacial score (nSPS) is 12.4. The highest BCUT2D eigenvalue weighted by molar-refractivity contribution is 5.84. The van der Waals surface area contributed by atoms with Crippen molar-refractivity contribution in [3.8, 4) is 0 Å². The molecule has 22 heavy (non-hydrogen) atoms. The van der Waals surface area contributed by atoms with E-state index in [0.29, 0.717) is 12.1 Å². The molecule has 1 aromatic rings. The number of esters is 1. The number of carbonyl (C=O) groups is 2. The maximum absolute atomic E-state index is 12.5. The summed E-state index contributed by atoms with van der Waals surface area (Å²) in [6.45, 7) is 1.80. The number of hydrogen-bond acceptors (Lipinski definition) is 4. The van der Waals surface area contributed by atoms with E-state index in [1.165, 1.54) is 19.2 Å². The molecule has 0 saturated heterocycles. The van der Waals surface area contributed by atoms with Crippen LogP contribution < -0.4 is 10.6 Å². The molecule has 1 amide bonds. The lowest BCUT2D eigenvalue weighted by molar-refractivity contribution is -0.138. The molecule has 0 aromatic heterocycles. The van der Waals surface area contributed by atoms with Crippen molar-refractivity contribution in [2.75, 3.05) is 12.4 Å². The summed E-state index contributed by atoms with van der Waals surface area (Å²) in [5.74, 6) is -0.717. The zero-order valence-corrected chi connectivity index (χ0v) is 12.2. The van der Waals surface area contributed by atoms with Gasteiger partial charge in [-0.15, -0.1) is 0 Å². The first-order chi connectivity index (χ1) is 10.3. The number of carbonyl (C=O) groups excluding carboxylic acids is 2. The number of rotatable bonds is 5. The smallest absolute Gasteiger partial charge is 0.382 e. The van der Waals surface area contributed by atoms with Gasteiger partial charge in [0.25, 0.3) is 0 Å². The third-order valence-electron chi connectivity index (χ3n) is 2.90. The Morgan fingerprint density at radius 2 is 1.82 bits per heavy atom. The molecule has 0 spiro atoms. The summed E-state index contributed by atoms with van der Waals surface area (Å²) in [6, 6.07) is 4.13. The van der Waals surface area contributed by atoms with Crippen molar-refractivity contribution in [2.45, 2.75) is 32.0 Å². The molecular formula is C14H17F3N2O3. The van der Waals surface area contributed by atoms with E-state index in [1.54, 1.807) is 6.92 Å². The number of ether oxygens (including phenoxy) is 1. The number of hydrogen-bond donors (Lipinski definition) is 2. The number of alkyl carbamates (subject to hydrolysis) is 1. The van der Waals surface area contributed by atoms with Crippen LogP contribution >= 0.6 is 0 Å². The standard InChI is InChI=1S/C14H17F3N2O3/c1-3-10(8-12(20)22-13(21)18-2)19-11-6-4-9(5-7-11)14(15,16)17/h4-7,10,19H,3,8H2,1-2H3,(H,18,21). The first kappa shape index (κ1) is 17.8. The fourth-order valence-electron chi connectivity index (χ4n) is 1.69. The monoisotopic (exact) mass is 318 g/mol. The van der Waals surface area contributed by atoms with Crippen molar-refractivity contribution in [3.05, 3.63) is 29.8 Å². The fourth-order valence-corrected chi connectivity index (χ4v) is 1.69. The number of halogens is 3. The van der Waals surface area contributed by atoms with Crippen LogP contribution in [0, 0.1) is 0 Å². The molecule has 8 heteroatoms. The van der Waals surface area contributed by atoms with Crippen molar-refractivity contribution < 1.29 is 27.5 Å². The van der Waals surface area contributed by atoms with Gasteiger partial charge in [0.15, 0.2) is 0 Å². The van der Waals surface area contributed by atoms with Gasteiger partial charge < -0.3 is 15.4 Å². The van der Waals surface area contributed by atoms with E-state index < -0.39 is 23.8 Å². The first-order valence-electron chi connectivity index (χ1n) is 6.62. The lowest BCUT2D eigenvalue weighted by Crippen LogP contribution is -2.28. The zero-order chi connectivity index (χ0) is 16.8. The van der Waals surface area contributed by atoms with Gasteiger partial charge in [0.1, 0.15) is 0 Å². The molecule has 1 rings (SSSR count). The quantitative estimate of drug-likeness (QED) is 0.646. The predicted octanol–water partition coefficient (Wildman–Crippen LogP) is 3.17. The molecule has 0 saturated carbocycles. The third-order valence-corrected chi connectivity index (χ3v) is 2.90. The number of alkyl halides is 3. The average molecular weight is 318 g/mol. The van der Waals surface area contributed by atoms with Crippen molar-refractivity contribution in [1.82, 2.24) is 5.32 Å². The largest absolute Gasteiger partial charge is 0.416 e. The second-order valence-corrected chi connectivity index (χ2v) is 4.54. The Balaban J connectivity index is 2.62. The van der Waals surface area contributed by atoms with E-state index in [4.69, 9.17) is 0 Å². The maximum Gasteiger partial charge on any atom is 0.416 e. The highest BCUT2D eigenvalue weighted by Crippen LogP contribution is 2.30. The topological polar surface area (TPSA) is 67.4 Å². The maximum atomic E-state index is 12.5. The predicted molar refractivity (Wildman–Crippen MR) is 74.3 cm³/mol. The lowest BCUT2D eigenvalue weighted by atomic mass is 10.1. The average Bonchev–Trinajstić information content (AvgIpc) is 2.45. The first-order valence-corrected chi connectivity index (χ1v) is 6.62. The van der Waals surface area contributed by atoms with Gasteiger partial charge >= 0.3 is 18.2 Å². The molecule has 0 fully saturated rings. The van der Waals surface area contributed by atoms with Crippen molar-refractivity contribution in [3.63, 3.8) is 0 Å². The summed E-state index contributed by atoms with van der Waals surface area (Å²) in [7, 11) is 1.33. The van der Waals surface area contributed by atoms with Gasteiger partial charge in [-0.25, -0.2) is 4.79 Å². The second-order valence-electron chi connectivity index (χ2n) is 4.54. The third kappa shape index (κ3) is 5.63. The van der Waals surface area contributed by atoms with Gasteiger partial charge in [-0.3, -0.25) is 4.79 Å². The molecule has 2 N–H and O–H groups in total. The van der Waals surface area contributed by atoms with Crippen LogP contribution in [0.2, 0.25) is 0 Å². The summed E-state index contributed by atoms with van der Waals surface area (Å²) in [6.07, 6.45) is -4.79. The van der Waals surface area contributed by atoms with Crippen molar-refractivity contribution >= 4 is 17.7 Å². The van der Waals surface area contributed by atoms with Crippen LogP contribution in [0.3, 0.4) is 0 Å². The highest BCUT2D eigenvalue weighted by atomic mass is 19.4. The van der Waals surface area contributed by atoms with Gasteiger partial charge in [-0.2, -0.15) is 13.2 Å². The highest BCUT2D eigenvalue weighted by Gasteiger charge is 2.30. The molecule has 122 valence electrons. The molecule has 0 aliphatic heterocycles. The molecular weight excluding hydrogens is 301 g/mol.